The summed E-state index contributed by atoms with van der Waals surface area (Å²) in [5.41, 5.74) is 0. The molecule has 4 heteroatoms. The molecule has 0 spiro atoms. The number of unbranched alkanes of at least 4 members (excludes halogenated alkanes) is 48. The highest BCUT2D eigenvalue weighted by Gasteiger charge is 2.18. The summed E-state index contributed by atoms with van der Waals surface area (Å²) >= 11 is 0. The van der Waals surface area contributed by atoms with Gasteiger partial charge >= 0.3 is 0 Å². The Morgan fingerprint density at radius 3 is 0.806 bits per heavy atom. The minimum absolute atomic E-state index is 0.0718. The van der Waals surface area contributed by atoms with Crippen LogP contribution in [0.25, 0.3) is 0 Å². The molecule has 2 unspecified atom stereocenters. The van der Waals surface area contributed by atoms with E-state index in [4.69, 9.17) is 0 Å². The summed E-state index contributed by atoms with van der Waals surface area (Å²) in [5, 5.41) is 23.2. The standard InChI is InChI=1S/C68H129NO3/c1-3-5-7-9-11-13-15-17-19-21-23-25-27-29-31-33-34-36-38-40-42-44-46-48-50-52-54-56-58-60-62-64-68(72)69-66(65-70)67(71)63-61-59-57-55-53-51-49-47-45-43-41-39-37-35-32-30-28-26-24-22-20-18-16-14-12-10-8-6-4-2/h21,23,45,47,53,55,61,63,66-67,70-71H,3-20,22,24-44,46,48-52,54,56-60,62,64-65H2,1-2H3,(H,69,72)/b23-21-,47-45+,55-53+,63-61+. The zero-order chi connectivity index (χ0) is 52.0. The maximum atomic E-state index is 12.5. The number of hydrogen-bond donors (Lipinski definition) is 3. The number of allylic oxidation sites excluding steroid dienone is 7. The third-order valence-electron chi connectivity index (χ3n) is 15.3. The van der Waals surface area contributed by atoms with E-state index >= 15 is 0 Å². The van der Waals surface area contributed by atoms with Gasteiger partial charge in [0.1, 0.15) is 0 Å². The molecule has 0 heterocycles. The Kier molecular flexibility index (Phi) is 62.2. The number of carbonyl (C=O) groups excluding carboxylic acids is 1. The maximum Gasteiger partial charge on any atom is 0.220 e. The van der Waals surface area contributed by atoms with Crippen LogP contribution in [0.4, 0.5) is 0 Å². The summed E-state index contributed by atoms with van der Waals surface area (Å²) in [6.07, 6.45) is 89.0. The van der Waals surface area contributed by atoms with Gasteiger partial charge in [0.25, 0.3) is 0 Å². The molecule has 72 heavy (non-hydrogen) atoms. The number of hydrogen-bond acceptors (Lipinski definition) is 3. The second-order valence-electron chi connectivity index (χ2n) is 22.5. The van der Waals surface area contributed by atoms with Crippen LogP contribution in [0.5, 0.6) is 0 Å². The van der Waals surface area contributed by atoms with Crippen molar-refractivity contribution < 1.29 is 15.0 Å². The number of nitrogens with one attached hydrogen (secondary N) is 1. The maximum absolute atomic E-state index is 12.5. The zero-order valence-corrected chi connectivity index (χ0v) is 49.0. The van der Waals surface area contributed by atoms with Gasteiger partial charge < -0.3 is 15.5 Å². The molecule has 0 fully saturated rings. The Morgan fingerprint density at radius 1 is 0.319 bits per heavy atom. The summed E-state index contributed by atoms with van der Waals surface area (Å²) < 4.78 is 0. The van der Waals surface area contributed by atoms with E-state index in [1.165, 1.54) is 302 Å². The fraction of sp³-hybridized carbons (Fsp3) is 0.868. The van der Waals surface area contributed by atoms with Crippen molar-refractivity contribution >= 4 is 5.91 Å². The van der Waals surface area contributed by atoms with Crippen LogP contribution in [-0.4, -0.2) is 34.9 Å². The lowest BCUT2D eigenvalue weighted by Gasteiger charge is -2.19. The molecule has 0 saturated carbocycles. The van der Waals surface area contributed by atoms with Gasteiger partial charge in [-0.2, -0.15) is 0 Å². The first-order valence-electron chi connectivity index (χ1n) is 32.9. The second-order valence-corrected chi connectivity index (χ2v) is 22.5. The first-order chi connectivity index (χ1) is 35.7. The molecule has 4 nitrogen and oxygen atoms in total. The molecule has 2 atom stereocenters. The molecule has 424 valence electrons. The van der Waals surface area contributed by atoms with Gasteiger partial charge in [-0.15, -0.1) is 0 Å². The van der Waals surface area contributed by atoms with Crippen LogP contribution in [0.1, 0.15) is 361 Å². The van der Waals surface area contributed by atoms with E-state index in [1.807, 2.05) is 6.08 Å². The molecule has 0 aliphatic carbocycles. The van der Waals surface area contributed by atoms with E-state index in [0.717, 1.165) is 38.5 Å². The predicted molar refractivity (Wildman–Crippen MR) is 322 cm³/mol. The Morgan fingerprint density at radius 2 is 0.542 bits per heavy atom. The van der Waals surface area contributed by atoms with Crippen molar-refractivity contribution in [2.45, 2.75) is 373 Å². The van der Waals surface area contributed by atoms with Crippen molar-refractivity contribution in [3.8, 4) is 0 Å². The van der Waals surface area contributed by atoms with Crippen LogP contribution in [0.15, 0.2) is 48.6 Å². The fourth-order valence-electron chi connectivity index (χ4n) is 10.3. The molecular weight excluding hydrogens is 879 g/mol. The second kappa shape index (κ2) is 63.6. The molecule has 0 aliphatic heterocycles. The average molecular weight is 1010 g/mol. The van der Waals surface area contributed by atoms with Crippen molar-refractivity contribution in [1.82, 2.24) is 5.32 Å². The van der Waals surface area contributed by atoms with Crippen LogP contribution < -0.4 is 5.32 Å². The normalized spacial score (nSPS) is 13.0. The number of aliphatic hydroxyl groups is 2. The number of aliphatic hydroxyl groups excluding tert-OH is 2. The molecule has 3 N–H and O–H groups in total. The quantitative estimate of drug-likeness (QED) is 0.0420. The molecule has 0 aliphatic rings. The van der Waals surface area contributed by atoms with Crippen LogP contribution in [0.2, 0.25) is 0 Å². The van der Waals surface area contributed by atoms with E-state index in [-0.39, 0.29) is 12.5 Å². The van der Waals surface area contributed by atoms with Crippen molar-refractivity contribution in [2.75, 3.05) is 6.61 Å². The molecule has 0 radical (unpaired) electrons. The van der Waals surface area contributed by atoms with Crippen LogP contribution in [0, 0.1) is 0 Å². The van der Waals surface area contributed by atoms with Gasteiger partial charge in [-0.3, -0.25) is 4.79 Å². The summed E-state index contributed by atoms with van der Waals surface area (Å²) in [4.78, 5) is 12.5. The number of carbonyl (C=O) groups is 1. The minimum Gasteiger partial charge on any atom is -0.394 e. The SMILES string of the molecule is CCCCCCCCCC/C=C\CCCCCCCCCCCCCCCCCCCCCC(=O)NC(CO)C(O)/C=C/CC/C=C/CC/C=C/CCCCCCCCCCCCCCCCCCCCC. The lowest BCUT2D eigenvalue weighted by atomic mass is 10.0. The van der Waals surface area contributed by atoms with E-state index in [0.29, 0.717) is 6.42 Å². The number of amides is 1. The highest BCUT2D eigenvalue weighted by Crippen LogP contribution is 2.18. The largest absolute Gasteiger partial charge is 0.394 e. The van der Waals surface area contributed by atoms with Crippen molar-refractivity contribution in [2.24, 2.45) is 0 Å². The summed E-state index contributed by atoms with van der Waals surface area (Å²) in [6, 6.07) is -0.647. The first-order valence-corrected chi connectivity index (χ1v) is 32.9. The third-order valence-corrected chi connectivity index (χ3v) is 15.3. The smallest absolute Gasteiger partial charge is 0.220 e. The topological polar surface area (TPSA) is 69.6 Å². The Hall–Kier alpha value is -1.65. The molecule has 0 aromatic carbocycles. The van der Waals surface area contributed by atoms with Gasteiger partial charge in [0.15, 0.2) is 0 Å². The van der Waals surface area contributed by atoms with Crippen LogP contribution in [0.3, 0.4) is 0 Å². The van der Waals surface area contributed by atoms with E-state index in [9.17, 15) is 15.0 Å². The van der Waals surface area contributed by atoms with E-state index in [2.05, 4.69) is 55.6 Å². The summed E-state index contributed by atoms with van der Waals surface area (Å²) in [7, 11) is 0. The molecule has 0 rings (SSSR count). The number of rotatable bonds is 61. The molecule has 0 bridgehead atoms. The first kappa shape index (κ1) is 70.3. The Labute approximate surface area is 452 Å². The Bertz CT molecular complexity index is 1140. The fourth-order valence-corrected chi connectivity index (χ4v) is 10.3. The average Bonchev–Trinajstić information content (AvgIpc) is 3.39. The van der Waals surface area contributed by atoms with Crippen LogP contribution >= 0.6 is 0 Å². The van der Waals surface area contributed by atoms with Crippen molar-refractivity contribution in [1.29, 1.82) is 0 Å². The monoisotopic (exact) mass is 1010 g/mol. The van der Waals surface area contributed by atoms with Gasteiger partial charge in [0, 0.05) is 6.42 Å². The molecule has 1 amide bonds. The predicted octanol–water partition coefficient (Wildman–Crippen LogP) is 22.2. The highest BCUT2D eigenvalue weighted by molar-refractivity contribution is 5.76. The van der Waals surface area contributed by atoms with E-state index < -0.39 is 12.1 Å². The lowest BCUT2D eigenvalue weighted by molar-refractivity contribution is -0.123. The summed E-state index contributed by atoms with van der Waals surface area (Å²) in [5.74, 6) is -0.0718. The molecular formula is C68H129NO3. The molecule has 0 aromatic rings. The van der Waals surface area contributed by atoms with Gasteiger partial charge in [-0.05, 0) is 70.6 Å². The minimum atomic E-state index is -0.872. The van der Waals surface area contributed by atoms with Gasteiger partial charge in [0.2, 0.25) is 5.91 Å². The summed E-state index contributed by atoms with van der Waals surface area (Å²) in [6.45, 7) is 4.33. The Balaban J connectivity index is 3.49. The van der Waals surface area contributed by atoms with Gasteiger partial charge in [-0.25, -0.2) is 0 Å². The zero-order valence-electron chi connectivity index (χ0n) is 49.0. The van der Waals surface area contributed by atoms with Crippen molar-refractivity contribution in [3.05, 3.63) is 48.6 Å². The molecule has 0 saturated heterocycles. The van der Waals surface area contributed by atoms with Crippen LogP contribution in [-0.2, 0) is 4.79 Å². The third kappa shape index (κ3) is 59.2. The molecule has 0 aromatic heterocycles. The van der Waals surface area contributed by atoms with Gasteiger partial charge in [-0.1, -0.05) is 332 Å². The lowest BCUT2D eigenvalue weighted by Crippen LogP contribution is -2.45. The van der Waals surface area contributed by atoms with E-state index in [1.54, 1.807) is 6.08 Å². The highest BCUT2D eigenvalue weighted by atomic mass is 16.3. The van der Waals surface area contributed by atoms with Crippen molar-refractivity contribution in [3.63, 3.8) is 0 Å². The van der Waals surface area contributed by atoms with Gasteiger partial charge in [0.05, 0.1) is 18.8 Å².